The Kier molecular flexibility index (Phi) is 7.62. The van der Waals surface area contributed by atoms with Crippen LogP contribution in [0.3, 0.4) is 0 Å². The summed E-state index contributed by atoms with van der Waals surface area (Å²) in [6.45, 7) is 9.22. The Balaban J connectivity index is 2.03. The quantitative estimate of drug-likeness (QED) is 0.485. The minimum absolute atomic E-state index is 0.192. The number of benzene rings is 1. The van der Waals surface area contributed by atoms with Gasteiger partial charge in [-0.25, -0.2) is 0 Å². The molecule has 3 rings (SSSR count). The van der Waals surface area contributed by atoms with Gasteiger partial charge in [-0.05, 0) is 45.6 Å². The molecule has 0 radical (unpaired) electrons. The van der Waals surface area contributed by atoms with E-state index in [4.69, 9.17) is 4.74 Å². The number of esters is 1. The monoisotopic (exact) mass is 456 g/mol. The standard InChI is InChI=1S/C26H36N2O5/c1-6-33-25(32)20-16(2)12-13-19-21(20)24(31)28(22(19)23(30)27-26(3,4)5)18(15-29)14-17-10-8-7-9-11-17/h7-13,16,18-22,29H,6,14-15H2,1-5H3,(H,27,30)/t16-,18-,19+,20-,21-,22+/m1/s1. The number of nitrogens with zero attached hydrogens (tertiary/aromatic N) is 1. The zero-order valence-corrected chi connectivity index (χ0v) is 20.2. The lowest BCUT2D eigenvalue weighted by Crippen LogP contribution is -2.56. The summed E-state index contributed by atoms with van der Waals surface area (Å²) >= 11 is 0. The van der Waals surface area contributed by atoms with Crippen LogP contribution in [0.1, 0.15) is 40.2 Å². The molecule has 1 saturated heterocycles. The van der Waals surface area contributed by atoms with E-state index in [1.165, 1.54) is 4.90 Å². The van der Waals surface area contributed by atoms with Crippen LogP contribution in [0.2, 0.25) is 0 Å². The maximum Gasteiger partial charge on any atom is 0.310 e. The molecule has 1 aliphatic heterocycles. The van der Waals surface area contributed by atoms with Gasteiger partial charge in [0.2, 0.25) is 11.8 Å². The van der Waals surface area contributed by atoms with Gasteiger partial charge in [0.15, 0.2) is 0 Å². The summed E-state index contributed by atoms with van der Waals surface area (Å²) in [5.41, 5.74) is 0.463. The van der Waals surface area contributed by atoms with Crippen molar-refractivity contribution in [3.63, 3.8) is 0 Å². The largest absolute Gasteiger partial charge is 0.466 e. The average molecular weight is 457 g/mol. The summed E-state index contributed by atoms with van der Waals surface area (Å²) < 4.78 is 5.31. The normalized spacial score (nSPS) is 27.8. The van der Waals surface area contributed by atoms with Crippen molar-refractivity contribution in [2.24, 2.45) is 23.7 Å². The van der Waals surface area contributed by atoms with Gasteiger partial charge in [0, 0.05) is 11.5 Å². The summed E-state index contributed by atoms with van der Waals surface area (Å²) in [6.07, 6.45) is 4.21. The fourth-order valence-corrected chi connectivity index (χ4v) is 5.11. The maximum atomic E-state index is 13.9. The van der Waals surface area contributed by atoms with Crippen molar-refractivity contribution >= 4 is 17.8 Å². The number of ether oxygens (including phenoxy) is 1. The van der Waals surface area contributed by atoms with E-state index in [9.17, 15) is 19.5 Å². The maximum absolute atomic E-state index is 13.9. The Morgan fingerprint density at radius 2 is 1.85 bits per heavy atom. The summed E-state index contributed by atoms with van der Waals surface area (Å²) in [7, 11) is 0. The molecular weight excluding hydrogens is 420 g/mol. The number of amides is 2. The molecular formula is C26H36N2O5. The van der Waals surface area contributed by atoms with E-state index in [-0.39, 0.29) is 30.9 Å². The number of rotatable bonds is 7. The number of carbonyl (C=O) groups excluding carboxylic acids is 3. The van der Waals surface area contributed by atoms with Crippen molar-refractivity contribution in [2.45, 2.75) is 58.7 Å². The number of aliphatic hydroxyl groups excluding tert-OH is 1. The number of nitrogens with one attached hydrogen (secondary N) is 1. The van der Waals surface area contributed by atoms with Crippen molar-refractivity contribution in [1.82, 2.24) is 10.2 Å². The number of aliphatic hydroxyl groups is 1. The van der Waals surface area contributed by atoms with E-state index in [0.29, 0.717) is 6.42 Å². The Labute approximate surface area is 196 Å². The van der Waals surface area contributed by atoms with E-state index in [1.54, 1.807) is 6.92 Å². The highest BCUT2D eigenvalue weighted by Gasteiger charge is 2.58. The van der Waals surface area contributed by atoms with E-state index in [0.717, 1.165) is 5.56 Å². The van der Waals surface area contributed by atoms with Crippen LogP contribution in [0.4, 0.5) is 0 Å². The van der Waals surface area contributed by atoms with E-state index in [2.05, 4.69) is 5.32 Å². The molecule has 1 aromatic carbocycles. The smallest absolute Gasteiger partial charge is 0.310 e. The first kappa shape index (κ1) is 25.0. The summed E-state index contributed by atoms with van der Waals surface area (Å²) in [5, 5.41) is 13.3. The minimum Gasteiger partial charge on any atom is -0.466 e. The summed E-state index contributed by atoms with van der Waals surface area (Å²) in [4.78, 5) is 41.7. The fraction of sp³-hybridized carbons (Fsp3) is 0.577. The second kappa shape index (κ2) is 10.1. The molecule has 1 fully saturated rings. The average Bonchev–Trinajstić information content (AvgIpc) is 3.04. The van der Waals surface area contributed by atoms with Gasteiger partial charge in [-0.15, -0.1) is 0 Å². The molecule has 180 valence electrons. The van der Waals surface area contributed by atoms with E-state index >= 15 is 0 Å². The number of likely N-dealkylation sites (tertiary alicyclic amines) is 1. The van der Waals surface area contributed by atoms with Crippen molar-refractivity contribution in [3.05, 3.63) is 48.0 Å². The topological polar surface area (TPSA) is 95.9 Å². The van der Waals surface area contributed by atoms with E-state index < -0.39 is 41.3 Å². The molecule has 0 saturated carbocycles. The van der Waals surface area contributed by atoms with Gasteiger partial charge < -0.3 is 20.1 Å². The van der Waals surface area contributed by atoms with Gasteiger partial charge in [-0.2, -0.15) is 0 Å². The third-order valence-corrected chi connectivity index (χ3v) is 6.45. The van der Waals surface area contributed by atoms with Crippen molar-refractivity contribution in [3.8, 4) is 0 Å². The van der Waals surface area contributed by atoms with Crippen LogP contribution < -0.4 is 5.32 Å². The van der Waals surface area contributed by atoms with Crippen LogP contribution in [0, 0.1) is 23.7 Å². The molecule has 2 N–H and O–H groups in total. The second-order valence-electron chi connectivity index (χ2n) is 10.1. The molecule has 7 nitrogen and oxygen atoms in total. The summed E-state index contributed by atoms with van der Waals surface area (Å²) in [5.74, 6) is -3.02. The van der Waals surface area contributed by atoms with E-state index in [1.807, 2.05) is 70.2 Å². The second-order valence-corrected chi connectivity index (χ2v) is 10.1. The summed E-state index contributed by atoms with van der Waals surface area (Å²) in [6, 6.07) is 8.17. The van der Waals surface area contributed by atoms with Crippen molar-refractivity contribution < 1.29 is 24.2 Å². The lowest BCUT2D eigenvalue weighted by molar-refractivity contribution is -0.155. The highest BCUT2D eigenvalue weighted by atomic mass is 16.5. The third kappa shape index (κ3) is 5.29. The Bertz CT molecular complexity index is 892. The molecule has 0 spiro atoms. The molecule has 1 aromatic rings. The molecule has 2 amide bonds. The molecule has 6 atom stereocenters. The van der Waals surface area contributed by atoms with Gasteiger partial charge >= 0.3 is 5.97 Å². The number of fused-ring (bicyclic) bond motifs is 1. The molecule has 0 bridgehead atoms. The molecule has 7 heteroatoms. The first-order valence-electron chi connectivity index (χ1n) is 11.7. The molecule has 1 aliphatic carbocycles. The highest BCUT2D eigenvalue weighted by Crippen LogP contribution is 2.45. The lowest BCUT2D eigenvalue weighted by atomic mass is 9.70. The Hall–Kier alpha value is -2.67. The first-order valence-corrected chi connectivity index (χ1v) is 11.7. The van der Waals surface area contributed by atoms with Crippen LogP contribution >= 0.6 is 0 Å². The van der Waals surface area contributed by atoms with Gasteiger partial charge in [0.05, 0.1) is 31.1 Å². The molecule has 1 heterocycles. The number of allylic oxidation sites excluding steroid dienone is 1. The molecule has 33 heavy (non-hydrogen) atoms. The van der Waals surface area contributed by atoms with Crippen LogP contribution in [-0.2, 0) is 25.5 Å². The predicted octanol–water partition coefficient (Wildman–Crippen LogP) is 2.33. The molecule has 0 unspecified atom stereocenters. The highest BCUT2D eigenvalue weighted by molar-refractivity contribution is 5.96. The third-order valence-electron chi connectivity index (χ3n) is 6.45. The number of hydrogen-bond acceptors (Lipinski definition) is 5. The van der Waals surface area contributed by atoms with Crippen LogP contribution in [0.5, 0.6) is 0 Å². The van der Waals surface area contributed by atoms with Gasteiger partial charge in [0.1, 0.15) is 6.04 Å². The first-order chi connectivity index (χ1) is 15.6. The SMILES string of the molecule is CCOC(=O)[C@H]1[C@@H]2C(=O)N([C@@H](CO)Cc3ccccc3)[C@H](C(=O)NC(C)(C)C)[C@H]2C=C[C@H]1C. The lowest BCUT2D eigenvalue weighted by Gasteiger charge is -2.35. The fourth-order valence-electron chi connectivity index (χ4n) is 5.11. The van der Waals surface area contributed by atoms with Gasteiger partial charge in [-0.3, -0.25) is 14.4 Å². The van der Waals surface area contributed by atoms with Crippen LogP contribution in [0.25, 0.3) is 0 Å². The van der Waals surface area contributed by atoms with Crippen LogP contribution in [0.15, 0.2) is 42.5 Å². The minimum atomic E-state index is -0.816. The molecule has 0 aromatic heterocycles. The van der Waals surface area contributed by atoms with Gasteiger partial charge in [0.25, 0.3) is 0 Å². The Morgan fingerprint density at radius 1 is 1.18 bits per heavy atom. The number of carbonyl (C=O) groups is 3. The van der Waals surface area contributed by atoms with Gasteiger partial charge in [-0.1, -0.05) is 49.4 Å². The number of hydrogen-bond donors (Lipinski definition) is 2. The molecule has 2 aliphatic rings. The zero-order valence-electron chi connectivity index (χ0n) is 20.2. The van der Waals surface area contributed by atoms with Crippen molar-refractivity contribution in [2.75, 3.05) is 13.2 Å². The zero-order chi connectivity index (χ0) is 24.3. The predicted molar refractivity (Wildman–Crippen MR) is 125 cm³/mol. The van der Waals surface area contributed by atoms with Crippen molar-refractivity contribution in [1.29, 1.82) is 0 Å². The van der Waals surface area contributed by atoms with Crippen LogP contribution in [-0.4, -0.2) is 58.6 Å². The Morgan fingerprint density at radius 3 is 2.42 bits per heavy atom.